The minimum atomic E-state index is -3.64. The molecule has 1 heterocycles. The summed E-state index contributed by atoms with van der Waals surface area (Å²) in [6, 6.07) is 9.40. The number of anilines is 2. The molecule has 1 aromatic heterocycles. The monoisotopic (exact) mass is 404 g/mol. The van der Waals surface area contributed by atoms with Gasteiger partial charge in [-0.1, -0.05) is 12.1 Å². The van der Waals surface area contributed by atoms with E-state index in [-0.39, 0.29) is 28.1 Å². The van der Waals surface area contributed by atoms with Crippen molar-refractivity contribution in [1.29, 1.82) is 0 Å². The number of methoxy groups -OCH3 is 1. The number of nitrogens with one attached hydrogen (secondary N) is 2. The zero-order chi connectivity index (χ0) is 20.3. The second-order valence-corrected chi connectivity index (χ2v) is 7.46. The summed E-state index contributed by atoms with van der Waals surface area (Å²) in [6.45, 7) is 0. The fourth-order valence-electron chi connectivity index (χ4n) is 2.50. The summed E-state index contributed by atoms with van der Waals surface area (Å²) >= 11 is 0. The van der Waals surface area contributed by atoms with Crippen LogP contribution in [0.2, 0.25) is 0 Å². The van der Waals surface area contributed by atoms with E-state index in [1.807, 2.05) is 0 Å². The molecule has 1 amide bonds. The lowest BCUT2D eigenvalue weighted by molar-refractivity contribution is -0.105. The number of ether oxygens (including phenoxy) is 2. The average molecular weight is 404 g/mol. The summed E-state index contributed by atoms with van der Waals surface area (Å²) in [4.78, 5) is 23.2. The second kappa shape index (κ2) is 7.61. The Labute approximate surface area is 159 Å². The Bertz CT molecular complexity index is 1200. The highest BCUT2D eigenvalue weighted by atomic mass is 32.2. The van der Waals surface area contributed by atoms with Gasteiger partial charge in [0.05, 0.1) is 24.4 Å². The van der Waals surface area contributed by atoms with E-state index in [1.165, 1.54) is 19.2 Å². The van der Waals surface area contributed by atoms with E-state index in [9.17, 15) is 18.0 Å². The zero-order valence-corrected chi connectivity index (χ0v) is 15.7. The Morgan fingerprint density at radius 1 is 1.07 bits per heavy atom. The van der Waals surface area contributed by atoms with Gasteiger partial charge in [-0.3, -0.25) is 14.3 Å². The molecule has 9 nitrogen and oxygen atoms in total. The molecule has 0 aliphatic heterocycles. The van der Waals surface area contributed by atoms with Crippen LogP contribution in [0.15, 0.2) is 51.9 Å². The number of carbonyl (C=O) groups excluding carboxylic acids is 1. The molecule has 0 fully saturated rings. The lowest BCUT2D eigenvalue weighted by Crippen LogP contribution is -2.12. The minimum absolute atomic E-state index is 0.0537. The zero-order valence-electron chi connectivity index (χ0n) is 14.9. The maximum atomic E-state index is 12.5. The van der Waals surface area contributed by atoms with E-state index in [2.05, 4.69) is 10.0 Å². The van der Waals surface area contributed by atoms with Crippen molar-refractivity contribution in [3.05, 3.63) is 52.9 Å². The molecule has 0 aliphatic carbocycles. The molecule has 0 saturated carbocycles. The summed E-state index contributed by atoms with van der Waals surface area (Å²) in [5.41, 5.74) is -0.390. The Morgan fingerprint density at radius 3 is 2.43 bits per heavy atom. The van der Waals surface area contributed by atoms with Gasteiger partial charge in [-0.25, -0.2) is 8.42 Å². The molecule has 0 aliphatic rings. The van der Waals surface area contributed by atoms with Gasteiger partial charge in [0.25, 0.3) is 0 Å². The number of rotatable bonds is 7. The fraction of sp³-hybridized carbons (Fsp3) is 0.111. The molecule has 0 atom stereocenters. The third-order valence-electron chi connectivity index (χ3n) is 3.67. The number of amides is 1. The van der Waals surface area contributed by atoms with Crippen LogP contribution in [-0.4, -0.2) is 28.2 Å². The van der Waals surface area contributed by atoms with Crippen molar-refractivity contribution in [1.82, 2.24) is 0 Å². The molecule has 3 rings (SSSR count). The van der Waals surface area contributed by atoms with Gasteiger partial charge < -0.3 is 19.2 Å². The predicted octanol–water partition coefficient (Wildman–Crippen LogP) is 2.53. The standard InChI is InChI=1S/C18H16N2O7S/c1-25-14-5-3-4-6-15(14)27-17-7-11-16(8-12(17)20-28(2,23)24)26-9-13(18(11)22)19-10-21/h3-10,20H,1-2H3,(H,19,21). The van der Waals surface area contributed by atoms with E-state index in [0.29, 0.717) is 17.9 Å². The summed E-state index contributed by atoms with van der Waals surface area (Å²) in [5, 5.41) is 2.34. The van der Waals surface area contributed by atoms with Crippen LogP contribution in [0, 0.1) is 0 Å². The smallest absolute Gasteiger partial charge is 0.229 e. The van der Waals surface area contributed by atoms with Crippen LogP contribution in [0.5, 0.6) is 17.2 Å². The van der Waals surface area contributed by atoms with E-state index in [4.69, 9.17) is 13.9 Å². The maximum absolute atomic E-state index is 12.5. The summed E-state index contributed by atoms with van der Waals surface area (Å²) in [7, 11) is -2.18. The summed E-state index contributed by atoms with van der Waals surface area (Å²) < 4.78 is 42.2. The Morgan fingerprint density at radius 2 is 1.79 bits per heavy atom. The number of fused-ring (bicyclic) bond motifs is 1. The van der Waals surface area contributed by atoms with Crippen LogP contribution >= 0.6 is 0 Å². The SMILES string of the molecule is COc1ccccc1Oc1cc2c(=O)c(NC=O)coc2cc1NS(C)(=O)=O. The molecule has 3 aromatic rings. The van der Waals surface area contributed by atoms with Crippen molar-refractivity contribution in [3.63, 3.8) is 0 Å². The molecular formula is C18H16N2O7S. The van der Waals surface area contributed by atoms with E-state index in [0.717, 1.165) is 12.5 Å². The second-order valence-electron chi connectivity index (χ2n) is 5.71. The molecule has 2 N–H and O–H groups in total. The van der Waals surface area contributed by atoms with Crippen molar-refractivity contribution in [2.75, 3.05) is 23.4 Å². The summed E-state index contributed by atoms with van der Waals surface area (Å²) in [6.07, 6.45) is 2.41. The fourth-order valence-corrected chi connectivity index (χ4v) is 3.06. The first-order valence-electron chi connectivity index (χ1n) is 7.91. The molecule has 146 valence electrons. The van der Waals surface area contributed by atoms with Gasteiger partial charge in [-0.2, -0.15) is 0 Å². The van der Waals surface area contributed by atoms with Gasteiger partial charge >= 0.3 is 0 Å². The first-order valence-corrected chi connectivity index (χ1v) is 9.80. The molecule has 10 heteroatoms. The number of carbonyl (C=O) groups is 1. The molecule has 0 unspecified atom stereocenters. The highest BCUT2D eigenvalue weighted by Crippen LogP contribution is 2.37. The molecule has 28 heavy (non-hydrogen) atoms. The molecule has 0 saturated heterocycles. The van der Waals surface area contributed by atoms with Crippen LogP contribution in [0.1, 0.15) is 0 Å². The first-order chi connectivity index (χ1) is 13.3. The minimum Gasteiger partial charge on any atom is -0.493 e. The van der Waals surface area contributed by atoms with Crippen molar-refractivity contribution >= 4 is 38.8 Å². The first kappa shape index (κ1) is 19.2. The van der Waals surface area contributed by atoms with Crippen LogP contribution in [0.4, 0.5) is 11.4 Å². The highest BCUT2D eigenvalue weighted by molar-refractivity contribution is 7.92. The molecule has 2 aromatic carbocycles. The van der Waals surface area contributed by atoms with Crippen LogP contribution < -0.4 is 24.9 Å². The van der Waals surface area contributed by atoms with Gasteiger partial charge in [-0.05, 0) is 18.2 Å². The number of benzene rings is 2. The number of para-hydroxylation sites is 2. The van der Waals surface area contributed by atoms with Crippen molar-refractivity contribution < 1.29 is 27.1 Å². The van der Waals surface area contributed by atoms with Crippen LogP contribution in [-0.2, 0) is 14.8 Å². The number of hydrogen-bond donors (Lipinski definition) is 2. The normalized spacial score (nSPS) is 11.1. The summed E-state index contributed by atoms with van der Waals surface area (Å²) in [5.74, 6) is 0.779. The maximum Gasteiger partial charge on any atom is 0.229 e. The van der Waals surface area contributed by atoms with Crippen molar-refractivity contribution in [2.24, 2.45) is 0 Å². The lowest BCUT2D eigenvalue weighted by atomic mass is 10.2. The molecule has 0 bridgehead atoms. The number of hydrogen-bond acceptors (Lipinski definition) is 7. The third-order valence-corrected chi connectivity index (χ3v) is 4.26. The predicted molar refractivity (Wildman–Crippen MR) is 104 cm³/mol. The molecular weight excluding hydrogens is 388 g/mol. The van der Waals surface area contributed by atoms with Gasteiger partial charge in [-0.15, -0.1) is 0 Å². The topological polar surface area (TPSA) is 124 Å². The van der Waals surface area contributed by atoms with Crippen LogP contribution in [0.3, 0.4) is 0 Å². The van der Waals surface area contributed by atoms with Crippen LogP contribution in [0.25, 0.3) is 11.0 Å². The van der Waals surface area contributed by atoms with Gasteiger partial charge in [0.15, 0.2) is 17.2 Å². The Hall–Kier alpha value is -3.53. The van der Waals surface area contributed by atoms with Gasteiger partial charge in [0.1, 0.15) is 17.5 Å². The molecule has 0 spiro atoms. The Kier molecular flexibility index (Phi) is 5.23. The van der Waals surface area contributed by atoms with Gasteiger partial charge in [0.2, 0.25) is 21.9 Å². The quantitative estimate of drug-likeness (QED) is 0.580. The molecule has 0 radical (unpaired) electrons. The Balaban J connectivity index is 2.21. The van der Waals surface area contributed by atoms with Crippen molar-refractivity contribution in [2.45, 2.75) is 0 Å². The van der Waals surface area contributed by atoms with Crippen molar-refractivity contribution in [3.8, 4) is 17.2 Å². The number of sulfonamides is 1. The van der Waals surface area contributed by atoms with E-state index >= 15 is 0 Å². The van der Waals surface area contributed by atoms with E-state index in [1.54, 1.807) is 24.3 Å². The third kappa shape index (κ3) is 4.07. The average Bonchev–Trinajstić information content (AvgIpc) is 2.64. The highest BCUT2D eigenvalue weighted by Gasteiger charge is 2.17. The van der Waals surface area contributed by atoms with Gasteiger partial charge in [0, 0.05) is 6.07 Å². The largest absolute Gasteiger partial charge is 0.493 e. The van der Waals surface area contributed by atoms with E-state index < -0.39 is 15.5 Å². The lowest BCUT2D eigenvalue weighted by Gasteiger charge is -2.15.